The van der Waals surface area contributed by atoms with Crippen LogP contribution in [0.1, 0.15) is 38.8 Å². The van der Waals surface area contributed by atoms with Gasteiger partial charge in [-0.3, -0.25) is 4.79 Å². The number of nitrogens with one attached hydrogen (secondary N) is 2. The average molecular weight is 436 g/mol. The van der Waals surface area contributed by atoms with E-state index in [4.69, 9.17) is 9.47 Å². The van der Waals surface area contributed by atoms with E-state index in [0.717, 1.165) is 22.4 Å². The molecule has 0 spiro atoms. The SMILES string of the molecule is CC1Oc2ccccc2C=C1C=NNC(=O)C(Cc1ccccc1)NC(=O)OC(C)(C)C. The summed E-state index contributed by atoms with van der Waals surface area (Å²) >= 11 is 0. The molecule has 2 aromatic rings. The number of para-hydroxylation sites is 1. The molecule has 0 radical (unpaired) electrons. The highest BCUT2D eigenvalue weighted by Crippen LogP contribution is 2.28. The van der Waals surface area contributed by atoms with E-state index in [1.165, 1.54) is 0 Å². The van der Waals surface area contributed by atoms with Crippen molar-refractivity contribution in [2.45, 2.75) is 51.9 Å². The first-order chi connectivity index (χ1) is 15.2. The maximum Gasteiger partial charge on any atom is 0.408 e. The van der Waals surface area contributed by atoms with Gasteiger partial charge in [-0.05, 0) is 45.4 Å². The van der Waals surface area contributed by atoms with E-state index in [2.05, 4.69) is 15.8 Å². The van der Waals surface area contributed by atoms with Gasteiger partial charge in [0.2, 0.25) is 0 Å². The fourth-order valence-electron chi connectivity index (χ4n) is 3.16. The van der Waals surface area contributed by atoms with E-state index in [1.807, 2.05) is 67.6 Å². The summed E-state index contributed by atoms with van der Waals surface area (Å²) in [7, 11) is 0. The molecule has 168 valence electrons. The van der Waals surface area contributed by atoms with Gasteiger partial charge >= 0.3 is 6.09 Å². The normalized spacial score (nSPS) is 16.4. The van der Waals surface area contributed by atoms with Gasteiger partial charge < -0.3 is 14.8 Å². The Morgan fingerprint density at radius 1 is 1.12 bits per heavy atom. The van der Waals surface area contributed by atoms with Crippen LogP contribution in [-0.2, 0) is 16.0 Å². The molecular formula is C25H29N3O4. The Bertz CT molecular complexity index is 1010. The Balaban J connectivity index is 1.69. The second kappa shape index (κ2) is 10.1. The molecule has 2 unspecified atom stereocenters. The van der Waals surface area contributed by atoms with E-state index < -0.39 is 23.6 Å². The fraction of sp³-hybridized carbons (Fsp3) is 0.320. The van der Waals surface area contributed by atoms with Crippen molar-refractivity contribution in [1.29, 1.82) is 0 Å². The predicted molar refractivity (Wildman–Crippen MR) is 124 cm³/mol. The second-order valence-electron chi connectivity index (χ2n) is 8.57. The van der Waals surface area contributed by atoms with Crippen LogP contribution in [0, 0.1) is 0 Å². The number of alkyl carbamates (subject to hydrolysis) is 1. The van der Waals surface area contributed by atoms with Gasteiger partial charge in [-0.1, -0.05) is 48.5 Å². The van der Waals surface area contributed by atoms with Crippen molar-refractivity contribution < 1.29 is 19.1 Å². The highest BCUT2D eigenvalue weighted by molar-refractivity contribution is 5.91. The standard InChI is InChI=1S/C25H29N3O4/c1-17-20(15-19-12-8-9-13-22(19)31-17)16-26-28-23(29)21(14-18-10-6-5-7-11-18)27-24(30)32-25(2,3)4/h5-13,15-17,21H,14H2,1-4H3,(H,27,30)(H,28,29). The maximum absolute atomic E-state index is 12.8. The maximum atomic E-state index is 12.8. The summed E-state index contributed by atoms with van der Waals surface area (Å²) in [5.41, 5.74) is 4.53. The van der Waals surface area contributed by atoms with E-state index in [1.54, 1.807) is 27.0 Å². The van der Waals surface area contributed by atoms with Crippen molar-refractivity contribution in [1.82, 2.24) is 10.7 Å². The smallest absolute Gasteiger partial charge is 0.408 e. The molecule has 7 heteroatoms. The van der Waals surface area contributed by atoms with Crippen LogP contribution in [0.3, 0.4) is 0 Å². The first-order valence-electron chi connectivity index (χ1n) is 10.5. The van der Waals surface area contributed by atoms with Crippen LogP contribution >= 0.6 is 0 Å². The highest BCUT2D eigenvalue weighted by atomic mass is 16.6. The molecule has 0 aromatic heterocycles. The minimum absolute atomic E-state index is 0.203. The largest absolute Gasteiger partial charge is 0.485 e. The van der Waals surface area contributed by atoms with Crippen molar-refractivity contribution in [3.8, 4) is 5.75 Å². The molecule has 7 nitrogen and oxygen atoms in total. The van der Waals surface area contributed by atoms with E-state index in [9.17, 15) is 9.59 Å². The zero-order valence-corrected chi connectivity index (χ0v) is 18.8. The molecule has 0 bridgehead atoms. The topological polar surface area (TPSA) is 89.0 Å². The Labute approximate surface area is 188 Å². The fourth-order valence-corrected chi connectivity index (χ4v) is 3.16. The predicted octanol–water partition coefficient (Wildman–Crippen LogP) is 4.09. The molecule has 0 fully saturated rings. The third-order valence-corrected chi connectivity index (χ3v) is 4.69. The van der Waals surface area contributed by atoms with Crippen molar-refractivity contribution >= 4 is 24.3 Å². The number of fused-ring (bicyclic) bond motifs is 1. The summed E-state index contributed by atoms with van der Waals surface area (Å²) in [6.45, 7) is 7.21. The molecule has 2 aromatic carbocycles. The number of ether oxygens (including phenoxy) is 2. The lowest BCUT2D eigenvalue weighted by Crippen LogP contribution is -2.48. The summed E-state index contributed by atoms with van der Waals surface area (Å²) < 4.78 is 11.2. The molecule has 0 saturated carbocycles. The second-order valence-corrected chi connectivity index (χ2v) is 8.57. The van der Waals surface area contributed by atoms with Crippen molar-refractivity contribution in [3.63, 3.8) is 0 Å². The number of carbonyl (C=O) groups excluding carboxylic acids is 2. The monoisotopic (exact) mass is 435 g/mol. The number of hydrogen-bond acceptors (Lipinski definition) is 5. The van der Waals surface area contributed by atoms with Crippen LogP contribution in [0.2, 0.25) is 0 Å². The number of rotatable bonds is 6. The molecule has 0 saturated heterocycles. The minimum atomic E-state index is -0.848. The van der Waals surface area contributed by atoms with Gasteiger partial charge in [0.25, 0.3) is 5.91 Å². The zero-order chi connectivity index (χ0) is 23.1. The first-order valence-corrected chi connectivity index (χ1v) is 10.5. The van der Waals surface area contributed by atoms with Gasteiger partial charge in [0.05, 0.1) is 6.21 Å². The van der Waals surface area contributed by atoms with Gasteiger partial charge in [0.15, 0.2) is 0 Å². The minimum Gasteiger partial charge on any atom is -0.485 e. The van der Waals surface area contributed by atoms with Gasteiger partial charge in [-0.25, -0.2) is 10.2 Å². The number of carbonyl (C=O) groups is 2. The Morgan fingerprint density at radius 2 is 1.81 bits per heavy atom. The molecule has 1 aliphatic heterocycles. The third-order valence-electron chi connectivity index (χ3n) is 4.69. The van der Waals surface area contributed by atoms with E-state index in [0.29, 0.717) is 6.42 Å². The number of nitrogens with zero attached hydrogens (tertiary/aromatic N) is 1. The Hall–Kier alpha value is -3.61. The quantitative estimate of drug-likeness (QED) is 0.528. The first kappa shape index (κ1) is 23.1. The molecule has 32 heavy (non-hydrogen) atoms. The molecule has 1 aliphatic rings. The summed E-state index contributed by atoms with van der Waals surface area (Å²) in [4.78, 5) is 25.1. The van der Waals surface area contributed by atoms with Crippen LogP contribution < -0.4 is 15.5 Å². The molecule has 2 atom stereocenters. The molecule has 3 rings (SSSR count). The summed E-state index contributed by atoms with van der Waals surface area (Å²) in [6, 6.07) is 16.3. The molecule has 0 aliphatic carbocycles. The van der Waals surface area contributed by atoms with Crippen LogP contribution in [0.5, 0.6) is 5.75 Å². The average Bonchev–Trinajstić information content (AvgIpc) is 2.73. The molecule has 2 amide bonds. The molecule has 1 heterocycles. The number of hydrogen-bond donors (Lipinski definition) is 2. The lowest BCUT2D eigenvalue weighted by Gasteiger charge is -2.23. The van der Waals surface area contributed by atoms with Crippen LogP contribution in [0.25, 0.3) is 6.08 Å². The van der Waals surface area contributed by atoms with Crippen molar-refractivity contribution in [2.75, 3.05) is 0 Å². The number of benzene rings is 2. The lowest BCUT2D eigenvalue weighted by atomic mass is 10.0. The third kappa shape index (κ3) is 6.70. The summed E-state index contributed by atoms with van der Waals surface area (Å²) in [6.07, 6.45) is 2.97. The van der Waals surface area contributed by atoms with Gasteiger partial charge in [0, 0.05) is 17.6 Å². The Morgan fingerprint density at radius 3 is 2.53 bits per heavy atom. The van der Waals surface area contributed by atoms with Crippen molar-refractivity contribution in [3.05, 3.63) is 71.3 Å². The summed E-state index contributed by atoms with van der Waals surface area (Å²) in [5.74, 6) is 0.368. The lowest BCUT2D eigenvalue weighted by molar-refractivity contribution is -0.123. The van der Waals surface area contributed by atoms with Crippen LogP contribution in [0.4, 0.5) is 4.79 Å². The van der Waals surface area contributed by atoms with E-state index >= 15 is 0 Å². The molecule has 2 N–H and O–H groups in total. The molecular weight excluding hydrogens is 406 g/mol. The Kier molecular flexibility index (Phi) is 7.30. The highest BCUT2D eigenvalue weighted by Gasteiger charge is 2.25. The number of amides is 2. The van der Waals surface area contributed by atoms with Gasteiger partial charge in [0.1, 0.15) is 23.5 Å². The number of hydrazone groups is 1. The van der Waals surface area contributed by atoms with Crippen LogP contribution in [-0.4, -0.2) is 36.0 Å². The van der Waals surface area contributed by atoms with Gasteiger partial charge in [-0.15, -0.1) is 0 Å². The summed E-state index contributed by atoms with van der Waals surface area (Å²) in [5, 5.41) is 6.74. The van der Waals surface area contributed by atoms with Crippen molar-refractivity contribution in [2.24, 2.45) is 5.10 Å². The zero-order valence-electron chi connectivity index (χ0n) is 18.8. The van der Waals surface area contributed by atoms with E-state index in [-0.39, 0.29) is 6.10 Å². The van der Waals surface area contributed by atoms with Gasteiger partial charge in [-0.2, -0.15) is 5.10 Å². The van der Waals surface area contributed by atoms with Crippen LogP contribution in [0.15, 0.2) is 65.3 Å².